The topological polar surface area (TPSA) is 56.6 Å². The number of nitrogens with one attached hydrogen (secondary N) is 1. The fourth-order valence-electron chi connectivity index (χ4n) is 2.52. The molecule has 0 aliphatic heterocycles. The number of hydrogen-bond acceptors (Lipinski definition) is 2. The number of hydrogen-bond donors (Lipinski definition) is 1. The van der Waals surface area contributed by atoms with Gasteiger partial charge in [0, 0.05) is 16.6 Å². The Kier molecular flexibility index (Phi) is 3.03. The molecule has 3 nitrogen and oxygen atoms in total. The molecule has 3 rings (SSSR count). The van der Waals surface area contributed by atoms with Gasteiger partial charge in [0.05, 0.1) is 0 Å². The fraction of sp³-hybridized carbons (Fsp3) is 0.0588. The summed E-state index contributed by atoms with van der Waals surface area (Å²) in [7, 11) is 0. The number of rotatable bonds is 1. The second kappa shape index (κ2) is 4.88. The van der Waals surface area contributed by atoms with Crippen LogP contribution in [0, 0.1) is 24.1 Å². The number of nitrogens with zero attached hydrogens (tertiary/aromatic N) is 1. The van der Waals surface area contributed by atoms with Crippen molar-refractivity contribution < 1.29 is 4.39 Å². The second-order valence-corrected chi connectivity index (χ2v) is 4.82. The number of halogens is 1. The third-order valence-corrected chi connectivity index (χ3v) is 3.44. The largest absolute Gasteiger partial charge is 0.325 e. The van der Waals surface area contributed by atoms with Crippen molar-refractivity contribution >= 4 is 10.8 Å². The molecule has 2 aromatic carbocycles. The minimum absolute atomic E-state index is 0.0392. The Hall–Kier alpha value is -2.93. The maximum Gasteiger partial charge on any atom is 0.266 e. The standard InChI is InChI=1S/C17H11FN2O/c1-10-8-14(15(9-19)17(21)20-10)12-4-2-6-13-11(12)5-3-7-16(13)18/h2-8H,1H3,(H,20,21). The van der Waals surface area contributed by atoms with Crippen molar-refractivity contribution in [1.82, 2.24) is 4.98 Å². The van der Waals surface area contributed by atoms with Crippen LogP contribution in [0.5, 0.6) is 0 Å². The first-order valence-corrected chi connectivity index (χ1v) is 6.43. The number of aromatic nitrogens is 1. The van der Waals surface area contributed by atoms with Crippen LogP contribution in [-0.2, 0) is 0 Å². The number of aromatic amines is 1. The molecule has 0 fully saturated rings. The van der Waals surface area contributed by atoms with E-state index in [9.17, 15) is 14.4 Å². The number of nitriles is 1. The molecule has 0 atom stereocenters. The first-order valence-electron chi connectivity index (χ1n) is 6.43. The van der Waals surface area contributed by atoms with Gasteiger partial charge < -0.3 is 4.98 Å². The summed E-state index contributed by atoms with van der Waals surface area (Å²) < 4.78 is 13.9. The third-order valence-electron chi connectivity index (χ3n) is 3.44. The van der Waals surface area contributed by atoms with Gasteiger partial charge in [-0.15, -0.1) is 0 Å². The van der Waals surface area contributed by atoms with Crippen molar-refractivity contribution in [3.8, 4) is 17.2 Å². The first-order chi connectivity index (χ1) is 10.1. The predicted molar refractivity (Wildman–Crippen MR) is 79.4 cm³/mol. The molecule has 0 saturated carbocycles. The molecule has 0 amide bonds. The number of benzene rings is 2. The van der Waals surface area contributed by atoms with E-state index in [1.807, 2.05) is 6.07 Å². The average Bonchev–Trinajstić information content (AvgIpc) is 2.46. The van der Waals surface area contributed by atoms with Crippen LogP contribution in [-0.4, -0.2) is 4.98 Å². The summed E-state index contributed by atoms with van der Waals surface area (Å²) in [6, 6.07) is 13.6. The molecular weight excluding hydrogens is 267 g/mol. The molecule has 21 heavy (non-hydrogen) atoms. The van der Waals surface area contributed by atoms with Crippen molar-refractivity contribution in [3.05, 3.63) is 69.9 Å². The molecule has 0 radical (unpaired) electrons. The molecule has 1 aromatic heterocycles. The summed E-state index contributed by atoms with van der Waals surface area (Å²) in [6.45, 7) is 1.75. The Morgan fingerprint density at radius 1 is 1.10 bits per heavy atom. The minimum Gasteiger partial charge on any atom is -0.325 e. The van der Waals surface area contributed by atoms with E-state index in [0.717, 1.165) is 0 Å². The highest BCUT2D eigenvalue weighted by Gasteiger charge is 2.13. The lowest BCUT2D eigenvalue weighted by atomic mass is 9.95. The highest BCUT2D eigenvalue weighted by molar-refractivity contribution is 5.98. The van der Waals surface area contributed by atoms with E-state index >= 15 is 0 Å². The highest BCUT2D eigenvalue weighted by atomic mass is 19.1. The maximum atomic E-state index is 13.9. The normalized spacial score (nSPS) is 10.5. The zero-order chi connectivity index (χ0) is 15.0. The van der Waals surface area contributed by atoms with E-state index in [2.05, 4.69) is 4.98 Å². The summed E-state index contributed by atoms with van der Waals surface area (Å²) in [5.74, 6) is -0.325. The molecule has 0 aliphatic carbocycles. The summed E-state index contributed by atoms with van der Waals surface area (Å²) in [5.41, 5.74) is 1.47. The number of fused-ring (bicyclic) bond motifs is 1. The van der Waals surface area contributed by atoms with Crippen LogP contribution in [0.1, 0.15) is 11.3 Å². The minimum atomic E-state index is -0.430. The highest BCUT2D eigenvalue weighted by Crippen LogP contribution is 2.31. The van der Waals surface area contributed by atoms with Crippen LogP contribution < -0.4 is 5.56 Å². The molecule has 0 saturated heterocycles. The van der Waals surface area contributed by atoms with Gasteiger partial charge >= 0.3 is 0 Å². The Morgan fingerprint density at radius 2 is 1.81 bits per heavy atom. The number of aryl methyl sites for hydroxylation is 1. The van der Waals surface area contributed by atoms with Gasteiger partial charge in [0.15, 0.2) is 0 Å². The summed E-state index contributed by atoms with van der Waals surface area (Å²) in [6.07, 6.45) is 0. The van der Waals surface area contributed by atoms with Crippen LogP contribution in [0.3, 0.4) is 0 Å². The molecule has 102 valence electrons. The quantitative estimate of drug-likeness (QED) is 0.740. The Bertz CT molecular complexity index is 951. The molecule has 3 aromatic rings. The molecule has 0 spiro atoms. The van der Waals surface area contributed by atoms with Crippen LogP contribution in [0.2, 0.25) is 0 Å². The van der Waals surface area contributed by atoms with Gasteiger partial charge in [-0.25, -0.2) is 4.39 Å². The maximum absolute atomic E-state index is 13.9. The van der Waals surface area contributed by atoms with Crippen LogP contribution in [0.15, 0.2) is 47.3 Å². The monoisotopic (exact) mass is 278 g/mol. The zero-order valence-corrected chi connectivity index (χ0v) is 11.3. The number of H-pyrrole nitrogens is 1. The van der Waals surface area contributed by atoms with Gasteiger partial charge in [-0.3, -0.25) is 4.79 Å². The number of pyridine rings is 1. The lowest BCUT2D eigenvalue weighted by Gasteiger charge is -2.09. The smallest absolute Gasteiger partial charge is 0.266 e. The van der Waals surface area contributed by atoms with Crippen LogP contribution >= 0.6 is 0 Å². The van der Waals surface area contributed by atoms with Gasteiger partial charge in [0.2, 0.25) is 0 Å². The summed E-state index contributed by atoms with van der Waals surface area (Å²) in [4.78, 5) is 14.5. The van der Waals surface area contributed by atoms with Crippen molar-refractivity contribution in [1.29, 1.82) is 5.26 Å². The lowest BCUT2D eigenvalue weighted by molar-refractivity contribution is 0.640. The van der Waals surface area contributed by atoms with E-state index in [-0.39, 0.29) is 11.4 Å². The molecule has 1 N–H and O–H groups in total. The lowest BCUT2D eigenvalue weighted by Crippen LogP contribution is -2.12. The van der Waals surface area contributed by atoms with Gasteiger partial charge in [-0.05, 0) is 30.0 Å². The van der Waals surface area contributed by atoms with Crippen molar-refractivity contribution in [2.24, 2.45) is 0 Å². The van der Waals surface area contributed by atoms with E-state index < -0.39 is 5.56 Å². The summed E-state index contributed by atoms with van der Waals surface area (Å²) in [5, 5.41) is 10.4. The van der Waals surface area contributed by atoms with Gasteiger partial charge in [0.25, 0.3) is 5.56 Å². The Morgan fingerprint density at radius 3 is 2.57 bits per heavy atom. The average molecular weight is 278 g/mol. The Labute approximate surface area is 120 Å². The van der Waals surface area contributed by atoms with Gasteiger partial charge in [0.1, 0.15) is 17.4 Å². The van der Waals surface area contributed by atoms with Crippen molar-refractivity contribution in [2.75, 3.05) is 0 Å². The predicted octanol–water partition coefficient (Wildman–Crippen LogP) is 3.51. The van der Waals surface area contributed by atoms with E-state index in [0.29, 0.717) is 27.6 Å². The SMILES string of the molecule is Cc1cc(-c2cccc3c(F)cccc23)c(C#N)c(=O)[nH]1. The third kappa shape index (κ3) is 2.09. The van der Waals surface area contributed by atoms with Gasteiger partial charge in [-0.2, -0.15) is 5.26 Å². The second-order valence-electron chi connectivity index (χ2n) is 4.82. The van der Waals surface area contributed by atoms with E-state index in [1.54, 1.807) is 43.3 Å². The zero-order valence-electron chi connectivity index (χ0n) is 11.3. The molecule has 4 heteroatoms. The van der Waals surface area contributed by atoms with Crippen LogP contribution in [0.4, 0.5) is 4.39 Å². The van der Waals surface area contributed by atoms with E-state index in [1.165, 1.54) is 6.07 Å². The fourth-order valence-corrected chi connectivity index (χ4v) is 2.52. The van der Waals surface area contributed by atoms with Gasteiger partial charge in [-0.1, -0.05) is 30.3 Å². The molecular formula is C17H11FN2O. The molecule has 0 aliphatic rings. The van der Waals surface area contributed by atoms with E-state index in [4.69, 9.17) is 0 Å². The molecule has 0 bridgehead atoms. The first kappa shape index (κ1) is 13.1. The van der Waals surface area contributed by atoms with Crippen LogP contribution in [0.25, 0.3) is 21.9 Å². The molecule has 1 heterocycles. The summed E-state index contributed by atoms with van der Waals surface area (Å²) >= 11 is 0. The Balaban J connectivity index is 2.45. The molecule has 0 unspecified atom stereocenters. The van der Waals surface area contributed by atoms with Crippen molar-refractivity contribution in [2.45, 2.75) is 6.92 Å². The van der Waals surface area contributed by atoms with Crippen molar-refractivity contribution in [3.63, 3.8) is 0 Å².